The van der Waals surface area contributed by atoms with Gasteiger partial charge in [-0.15, -0.1) is 0 Å². The number of ether oxygens (including phenoxy) is 1. The molecule has 0 radical (unpaired) electrons. The molecule has 88 valence electrons. The highest BCUT2D eigenvalue weighted by atomic mass is 16.5. The molecule has 0 bridgehead atoms. The summed E-state index contributed by atoms with van der Waals surface area (Å²) in [5, 5.41) is 0. The molecule has 4 heteroatoms. The quantitative estimate of drug-likeness (QED) is 0.659. The Balaban J connectivity index is 2.03. The summed E-state index contributed by atoms with van der Waals surface area (Å²) in [7, 11) is 0. The van der Waals surface area contributed by atoms with Crippen molar-refractivity contribution in [2.24, 2.45) is 11.7 Å². The van der Waals surface area contributed by atoms with Gasteiger partial charge in [-0.25, -0.2) is 0 Å². The first-order chi connectivity index (χ1) is 7.11. The second-order valence-corrected chi connectivity index (χ2v) is 4.54. The third kappa shape index (κ3) is 4.18. The van der Waals surface area contributed by atoms with Crippen LogP contribution < -0.4 is 5.73 Å². The largest absolute Gasteiger partial charge is 0.381 e. The zero-order valence-corrected chi connectivity index (χ0v) is 9.74. The van der Waals surface area contributed by atoms with Crippen LogP contribution >= 0.6 is 0 Å². The summed E-state index contributed by atoms with van der Waals surface area (Å²) in [5.74, 6) is 0.672. The van der Waals surface area contributed by atoms with Crippen molar-refractivity contribution in [1.29, 1.82) is 0 Å². The molecule has 1 aliphatic rings. The van der Waals surface area contributed by atoms with Crippen molar-refractivity contribution in [1.82, 2.24) is 4.90 Å². The van der Waals surface area contributed by atoms with Gasteiger partial charge in [-0.2, -0.15) is 0 Å². The van der Waals surface area contributed by atoms with Crippen LogP contribution in [0.2, 0.25) is 0 Å². The van der Waals surface area contributed by atoms with Gasteiger partial charge in [-0.3, -0.25) is 4.79 Å². The molecule has 4 nitrogen and oxygen atoms in total. The van der Waals surface area contributed by atoms with Gasteiger partial charge in [0.25, 0.3) is 0 Å². The molecule has 1 atom stereocenters. The number of nitrogens with zero attached hydrogens (tertiary/aromatic N) is 1. The Bertz CT molecular complexity index is 207. The van der Waals surface area contributed by atoms with E-state index in [4.69, 9.17) is 10.5 Å². The van der Waals surface area contributed by atoms with Crippen molar-refractivity contribution < 1.29 is 9.53 Å². The first kappa shape index (κ1) is 12.5. The number of nitrogens with two attached hydrogens (primary N) is 1. The van der Waals surface area contributed by atoms with Gasteiger partial charge < -0.3 is 15.4 Å². The third-order valence-electron chi connectivity index (χ3n) is 2.51. The standard InChI is InChI=1S/C11H22N2O2/c1-9(2)8-15-7-3-5-13-6-4-10(12)11(13)14/h9-10H,3-8,12H2,1-2H3. The third-order valence-corrected chi connectivity index (χ3v) is 2.51. The number of hydrogen-bond donors (Lipinski definition) is 1. The van der Waals surface area contributed by atoms with Gasteiger partial charge in [0.05, 0.1) is 6.04 Å². The molecule has 0 aliphatic carbocycles. The van der Waals surface area contributed by atoms with Crippen molar-refractivity contribution in [3.05, 3.63) is 0 Å². The number of carbonyl (C=O) groups is 1. The highest BCUT2D eigenvalue weighted by molar-refractivity contribution is 5.83. The first-order valence-corrected chi connectivity index (χ1v) is 5.73. The van der Waals surface area contributed by atoms with Gasteiger partial charge in [0.2, 0.25) is 5.91 Å². The minimum absolute atomic E-state index is 0.0962. The fraction of sp³-hybridized carbons (Fsp3) is 0.909. The van der Waals surface area contributed by atoms with Crippen LogP contribution in [-0.4, -0.2) is 43.2 Å². The zero-order valence-electron chi connectivity index (χ0n) is 9.74. The first-order valence-electron chi connectivity index (χ1n) is 5.73. The molecule has 2 N–H and O–H groups in total. The summed E-state index contributed by atoms with van der Waals surface area (Å²) in [6.45, 7) is 7.38. The highest BCUT2D eigenvalue weighted by Gasteiger charge is 2.27. The molecule has 0 aromatic heterocycles. The lowest BCUT2D eigenvalue weighted by Gasteiger charge is -2.15. The van der Waals surface area contributed by atoms with E-state index in [-0.39, 0.29) is 11.9 Å². The smallest absolute Gasteiger partial charge is 0.239 e. The number of amides is 1. The lowest BCUT2D eigenvalue weighted by Crippen LogP contribution is -2.34. The SMILES string of the molecule is CC(C)COCCCN1CCC(N)C1=O. The molecule has 1 fully saturated rings. The normalized spacial score (nSPS) is 21.7. The van der Waals surface area contributed by atoms with Crippen molar-refractivity contribution in [2.45, 2.75) is 32.7 Å². The number of hydrogen-bond acceptors (Lipinski definition) is 3. The molecule has 1 saturated heterocycles. The van der Waals surface area contributed by atoms with E-state index >= 15 is 0 Å². The second-order valence-electron chi connectivity index (χ2n) is 4.54. The van der Waals surface area contributed by atoms with Gasteiger partial charge in [-0.1, -0.05) is 13.8 Å². The zero-order chi connectivity index (χ0) is 11.3. The van der Waals surface area contributed by atoms with Crippen molar-refractivity contribution in [3.63, 3.8) is 0 Å². The molecule has 0 aromatic carbocycles. The topological polar surface area (TPSA) is 55.6 Å². The molecule has 0 spiro atoms. The maximum Gasteiger partial charge on any atom is 0.239 e. The number of rotatable bonds is 6. The number of likely N-dealkylation sites (tertiary alicyclic amines) is 1. The summed E-state index contributed by atoms with van der Waals surface area (Å²) >= 11 is 0. The Hall–Kier alpha value is -0.610. The maximum absolute atomic E-state index is 11.4. The van der Waals surface area contributed by atoms with E-state index in [1.165, 1.54) is 0 Å². The molecule has 0 aromatic rings. The summed E-state index contributed by atoms with van der Waals surface area (Å²) < 4.78 is 5.45. The van der Waals surface area contributed by atoms with Crippen LogP contribution in [0, 0.1) is 5.92 Å². The van der Waals surface area contributed by atoms with Crippen molar-refractivity contribution >= 4 is 5.91 Å². The van der Waals surface area contributed by atoms with Crippen molar-refractivity contribution in [3.8, 4) is 0 Å². The fourth-order valence-corrected chi connectivity index (χ4v) is 1.66. The lowest BCUT2D eigenvalue weighted by molar-refractivity contribution is -0.128. The number of carbonyl (C=O) groups excluding carboxylic acids is 1. The Morgan fingerprint density at radius 2 is 2.33 bits per heavy atom. The highest BCUT2D eigenvalue weighted by Crippen LogP contribution is 2.09. The van der Waals surface area contributed by atoms with Crippen LogP contribution in [0.3, 0.4) is 0 Å². The summed E-state index contributed by atoms with van der Waals surface area (Å²) in [4.78, 5) is 13.3. The van der Waals surface area contributed by atoms with Gasteiger partial charge in [-0.05, 0) is 18.8 Å². The van der Waals surface area contributed by atoms with Gasteiger partial charge >= 0.3 is 0 Å². The lowest BCUT2D eigenvalue weighted by atomic mass is 10.2. The monoisotopic (exact) mass is 214 g/mol. The minimum atomic E-state index is -0.262. The Kier molecular flexibility index (Phi) is 5.05. The predicted molar refractivity (Wildman–Crippen MR) is 59.4 cm³/mol. The molecular weight excluding hydrogens is 192 g/mol. The summed E-state index contributed by atoms with van der Waals surface area (Å²) in [6.07, 6.45) is 1.71. The molecule has 1 unspecified atom stereocenters. The molecular formula is C11H22N2O2. The van der Waals surface area contributed by atoms with Gasteiger partial charge in [0.15, 0.2) is 0 Å². The van der Waals surface area contributed by atoms with E-state index < -0.39 is 0 Å². The average molecular weight is 214 g/mol. The molecule has 1 amide bonds. The van der Waals surface area contributed by atoms with Crippen LogP contribution in [0.15, 0.2) is 0 Å². The predicted octanol–water partition coefficient (Wildman–Crippen LogP) is 0.609. The van der Waals surface area contributed by atoms with E-state index in [0.717, 1.165) is 39.1 Å². The average Bonchev–Trinajstić information content (AvgIpc) is 2.48. The minimum Gasteiger partial charge on any atom is -0.381 e. The second kappa shape index (κ2) is 6.08. The van der Waals surface area contributed by atoms with E-state index in [2.05, 4.69) is 13.8 Å². The molecule has 15 heavy (non-hydrogen) atoms. The van der Waals surface area contributed by atoms with E-state index in [1.54, 1.807) is 0 Å². The van der Waals surface area contributed by atoms with E-state index in [1.807, 2.05) is 4.90 Å². The maximum atomic E-state index is 11.4. The Labute approximate surface area is 91.8 Å². The Morgan fingerprint density at radius 3 is 2.87 bits per heavy atom. The molecule has 0 saturated carbocycles. The molecule has 1 rings (SSSR count). The van der Waals surface area contributed by atoms with Crippen LogP contribution in [-0.2, 0) is 9.53 Å². The molecule has 1 aliphatic heterocycles. The van der Waals surface area contributed by atoms with Crippen molar-refractivity contribution in [2.75, 3.05) is 26.3 Å². The summed E-state index contributed by atoms with van der Waals surface area (Å²) in [5.41, 5.74) is 5.62. The Morgan fingerprint density at radius 1 is 1.60 bits per heavy atom. The van der Waals surface area contributed by atoms with Crippen LogP contribution in [0.4, 0.5) is 0 Å². The summed E-state index contributed by atoms with van der Waals surface area (Å²) in [6, 6.07) is -0.262. The fourth-order valence-electron chi connectivity index (χ4n) is 1.66. The van der Waals surface area contributed by atoms with Gasteiger partial charge in [0, 0.05) is 26.3 Å². The van der Waals surface area contributed by atoms with Gasteiger partial charge in [0.1, 0.15) is 0 Å². The van der Waals surface area contributed by atoms with E-state index in [0.29, 0.717) is 5.92 Å². The van der Waals surface area contributed by atoms with E-state index in [9.17, 15) is 4.79 Å². The van der Waals surface area contributed by atoms with Crippen LogP contribution in [0.1, 0.15) is 26.7 Å². The van der Waals surface area contributed by atoms with Crippen LogP contribution in [0.25, 0.3) is 0 Å². The molecule has 1 heterocycles. The van der Waals surface area contributed by atoms with Crippen LogP contribution in [0.5, 0.6) is 0 Å².